The molecule has 23 heavy (non-hydrogen) atoms. The van der Waals surface area contributed by atoms with E-state index in [2.05, 4.69) is 41.4 Å². The lowest BCUT2D eigenvalue weighted by atomic mass is 10.0. The second-order valence-electron chi connectivity index (χ2n) is 7.39. The van der Waals surface area contributed by atoms with E-state index in [0.29, 0.717) is 12.1 Å². The lowest BCUT2D eigenvalue weighted by Crippen LogP contribution is -2.35. The number of rotatable bonds is 4. The lowest BCUT2D eigenvalue weighted by molar-refractivity contribution is 0.145. The number of hydrogen-bond acceptors (Lipinski definition) is 3. The third kappa shape index (κ3) is 4.71. The highest BCUT2D eigenvalue weighted by Crippen LogP contribution is 2.24. The van der Waals surface area contributed by atoms with Crippen LogP contribution in [0.15, 0.2) is 24.3 Å². The van der Waals surface area contributed by atoms with Gasteiger partial charge >= 0.3 is 0 Å². The van der Waals surface area contributed by atoms with E-state index < -0.39 is 0 Å². The lowest BCUT2D eigenvalue weighted by Gasteiger charge is -2.31. The summed E-state index contributed by atoms with van der Waals surface area (Å²) in [4.78, 5) is 2.39. The summed E-state index contributed by atoms with van der Waals surface area (Å²) in [6.07, 6.45) is 9.92. The summed E-state index contributed by atoms with van der Waals surface area (Å²) in [5.41, 5.74) is 2.68. The second-order valence-corrected chi connectivity index (χ2v) is 7.39. The number of aliphatic hydroxyl groups excluding tert-OH is 1. The predicted molar refractivity (Wildman–Crippen MR) is 96.9 cm³/mol. The molecule has 128 valence electrons. The van der Waals surface area contributed by atoms with Crippen LogP contribution in [0.4, 0.5) is 5.69 Å². The minimum Gasteiger partial charge on any atom is -0.393 e. The van der Waals surface area contributed by atoms with Crippen molar-refractivity contribution < 1.29 is 5.11 Å². The first-order valence-corrected chi connectivity index (χ1v) is 9.51. The molecule has 2 aliphatic rings. The maximum absolute atomic E-state index is 9.63. The van der Waals surface area contributed by atoms with Gasteiger partial charge in [-0.05, 0) is 50.3 Å². The van der Waals surface area contributed by atoms with Crippen molar-refractivity contribution in [2.24, 2.45) is 0 Å². The minimum absolute atomic E-state index is 0.102. The van der Waals surface area contributed by atoms with Crippen molar-refractivity contribution in [3.8, 4) is 0 Å². The molecule has 1 saturated heterocycles. The van der Waals surface area contributed by atoms with Crippen LogP contribution in [-0.4, -0.2) is 30.3 Å². The molecule has 3 heteroatoms. The zero-order valence-electron chi connectivity index (χ0n) is 14.5. The molecule has 0 bridgehead atoms. The minimum atomic E-state index is -0.102. The first-order chi connectivity index (χ1) is 11.2. The van der Waals surface area contributed by atoms with Crippen LogP contribution < -0.4 is 10.2 Å². The van der Waals surface area contributed by atoms with E-state index >= 15 is 0 Å². The summed E-state index contributed by atoms with van der Waals surface area (Å²) in [6, 6.07) is 10.2. The van der Waals surface area contributed by atoms with Gasteiger partial charge in [0, 0.05) is 30.9 Å². The van der Waals surface area contributed by atoms with Crippen molar-refractivity contribution in [3.05, 3.63) is 29.8 Å². The zero-order valence-corrected chi connectivity index (χ0v) is 14.5. The Labute approximate surface area is 141 Å². The van der Waals surface area contributed by atoms with E-state index in [1.807, 2.05) is 0 Å². The number of anilines is 1. The third-order valence-corrected chi connectivity index (χ3v) is 5.56. The smallest absolute Gasteiger partial charge is 0.0574 e. The first-order valence-electron chi connectivity index (χ1n) is 9.51. The first kappa shape index (κ1) is 16.8. The van der Waals surface area contributed by atoms with Crippen molar-refractivity contribution in [2.75, 3.05) is 18.0 Å². The van der Waals surface area contributed by atoms with Gasteiger partial charge in [0.15, 0.2) is 0 Å². The molecule has 3 rings (SSSR count). The SMILES string of the molecule is CC(NC1CCCCCC1)c1ccc(N2CCC(O)CC2)cc1. The number of benzene rings is 1. The van der Waals surface area contributed by atoms with Gasteiger partial charge in [0.2, 0.25) is 0 Å². The van der Waals surface area contributed by atoms with Crippen LogP contribution in [-0.2, 0) is 0 Å². The van der Waals surface area contributed by atoms with Gasteiger partial charge in [-0.15, -0.1) is 0 Å². The molecule has 1 unspecified atom stereocenters. The van der Waals surface area contributed by atoms with Crippen LogP contribution in [0.25, 0.3) is 0 Å². The van der Waals surface area contributed by atoms with Crippen LogP contribution in [0.1, 0.15) is 69.9 Å². The highest BCUT2D eigenvalue weighted by molar-refractivity contribution is 5.48. The summed E-state index contributed by atoms with van der Waals surface area (Å²) in [7, 11) is 0. The molecule has 2 N–H and O–H groups in total. The molecule has 0 radical (unpaired) electrons. The predicted octanol–water partition coefficient (Wildman–Crippen LogP) is 4.02. The van der Waals surface area contributed by atoms with E-state index in [1.54, 1.807) is 0 Å². The standard InChI is InChI=1S/C20H32N2O/c1-16(21-18-6-4-2-3-5-7-18)17-8-10-19(11-9-17)22-14-12-20(23)13-15-22/h8-11,16,18,20-21,23H,2-7,12-15H2,1H3. The number of aliphatic hydroxyl groups is 1. The van der Waals surface area contributed by atoms with E-state index in [4.69, 9.17) is 0 Å². The van der Waals surface area contributed by atoms with E-state index in [0.717, 1.165) is 25.9 Å². The molecule has 0 aromatic heterocycles. The Hall–Kier alpha value is -1.06. The Morgan fingerprint density at radius 2 is 1.57 bits per heavy atom. The fraction of sp³-hybridized carbons (Fsp3) is 0.700. The zero-order chi connectivity index (χ0) is 16.1. The van der Waals surface area contributed by atoms with E-state index in [-0.39, 0.29) is 6.10 Å². The van der Waals surface area contributed by atoms with Crippen LogP contribution in [0.2, 0.25) is 0 Å². The molecular formula is C20H32N2O. The molecule has 1 aliphatic carbocycles. The third-order valence-electron chi connectivity index (χ3n) is 5.56. The Morgan fingerprint density at radius 1 is 0.957 bits per heavy atom. The average Bonchev–Trinajstić information content (AvgIpc) is 2.84. The van der Waals surface area contributed by atoms with Gasteiger partial charge in [-0.1, -0.05) is 37.8 Å². The van der Waals surface area contributed by atoms with Crippen LogP contribution >= 0.6 is 0 Å². The molecule has 1 aromatic carbocycles. The Balaban J connectivity index is 1.55. The molecule has 1 saturated carbocycles. The average molecular weight is 316 g/mol. The van der Waals surface area contributed by atoms with Crippen LogP contribution in [0.3, 0.4) is 0 Å². The second kappa shape index (κ2) is 8.16. The monoisotopic (exact) mass is 316 g/mol. The fourth-order valence-corrected chi connectivity index (χ4v) is 3.99. The molecule has 2 fully saturated rings. The van der Waals surface area contributed by atoms with Crippen molar-refractivity contribution in [2.45, 2.75) is 76.5 Å². The quantitative estimate of drug-likeness (QED) is 0.824. The van der Waals surface area contributed by atoms with E-state index in [9.17, 15) is 5.11 Å². The summed E-state index contributed by atoms with van der Waals surface area (Å²) >= 11 is 0. The van der Waals surface area contributed by atoms with Crippen molar-refractivity contribution in [3.63, 3.8) is 0 Å². The normalized spacial score (nSPS) is 22.8. The Morgan fingerprint density at radius 3 is 2.17 bits per heavy atom. The van der Waals surface area contributed by atoms with E-state index in [1.165, 1.54) is 49.8 Å². The number of hydrogen-bond donors (Lipinski definition) is 2. The number of piperidine rings is 1. The maximum atomic E-state index is 9.63. The van der Waals surface area contributed by atoms with Gasteiger partial charge in [-0.2, -0.15) is 0 Å². The van der Waals surface area contributed by atoms with Crippen molar-refractivity contribution in [1.82, 2.24) is 5.32 Å². The summed E-state index contributed by atoms with van der Waals surface area (Å²) in [5.74, 6) is 0. The maximum Gasteiger partial charge on any atom is 0.0574 e. The Kier molecular flexibility index (Phi) is 5.96. The van der Waals surface area contributed by atoms with Crippen LogP contribution in [0, 0.1) is 0 Å². The molecule has 0 spiro atoms. The van der Waals surface area contributed by atoms with Gasteiger partial charge < -0.3 is 15.3 Å². The number of nitrogens with one attached hydrogen (secondary N) is 1. The Bertz CT molecular complexity index is 457. The summed E-state index contributed by atoms with van der Waals surface area (Å²) < 4.78 is 0. The fourth-order valence-electron chi connectivity index (χ4n) is 3.99. The number of nitrogens with zero attached hydrogens (tertiary/aromatic N) is 1. The van der Waals surface area contributed by atoms with Crippen molar-refractivity contribution >= 4 is 5.69 Å². The highest BCUT2D eigenvalue weighted by atomic mass is 16.3. The molecule has 3 nitrogen and oxygen atoms in total. The van der Waals surface area contributed by atoms with Gasteiger partial charge in [0.1, 0.15) is 0 Å². The van der Waals surface area contributed by atoms with Crippen LogP contribution in [0.5, 0.6) is 0 Å². The molecule has 1 atom stereocenters. The largest absolute Gasteiger partial charge is 0.393 e. The summed E-state index contributed by atoms with van der Waals surface area (Å²) in [5, 5.41) is 13.5. The summed E-state index contributed by atoms with van der Waals surface area (Å²) in [6.45, 7) is 4.23. The van der Waals surface area contributed by atoms with Crippen molar-refractivity contribution in [1.29, 1.82) is 0 Å². The highest BCUT2D eigenvalue weighted by Gasteiger charge is 2.18. The molecule has 1 aliphatic heterocycles. The molecule has 1 aromatic rings. The van der Waals surface area contributed by atoms with Gasteiger partial charge in [0.05, 0.1) is 6.10 Å². The van der Waals surface area contributed by atoms with Gasteiger partial charge in [-0.3, -0.25) is 0 Å². The molecule has 1 heterocycles. The van der Waals surface area contributed by atoms with Gasteiger partial charge in [-0.25, -0.2) is 0 Å². The topological polar surface area (TPSA) is 35.5 Å². The molecule has 0 amide bonds. The molecular weight excluding hydrogens is 284 g/mol. The van der Waals surface area contributed by atoms with Gasteiger partial charge in [0.25, 0.3) is 0 Å².